The fourth-order valence-electron chi connectivity index (χ4n) is 1.41. The van der Waals surface area contributed by atoms with Gasteiger partial charge in [0.05, 0.1) is 0 Å². The lowest BCUT2D eigenvalue weighted by Gasteiger charge is -2.02. The summed E-state index contributed by atoms with van der Waals surface area (Å²) < 4.78 is 0. The molecule has 0 spiro atoms. The van der Waals surface area contributed by atoms with Crippen LogP contribution in [0.2, 0.25) is 0 Å². The maximum atomic E-state index is 10.5. The number of carboxylic acids is 1. The van der Waals surface area contributed by atoms with Gasteiger partial charge in [0.2, 0.25) is 0 Å². The number of hydrogen-bond acceptors (Lipinski definition) is 2. The van der Waals surface area contributed by atoms with Crippen molar-refractivity contribution in [2.75, 3.05) is 6.54 Å². The van der Waals surface area contributed by atoms with E-state index in [0.29, 0.717) is 5.92 Å². The van der Waals surface area contributed by atoms with Crippen molar-refractivity contribution in [1.29, 1.82) is 0 Å². The summed E-state index contributed by atoms with van der Waals surface area (Å²) in [4.78, 5) is 10.5. The highest BCUT2D eigenvalue weighted by Crippen LogP contribution is 2.17. The number of allylic oxidation sites excluding steroid dienone is 1. The molecule has 0 radical (unpaired) electrons. The molecule has 1 rings (SSSR count). The van der Waals surface area contributed by atoms with Gasteiger partial charge in [0, 0.05) is 0 Å². The molecule has 1 saturated heterocycles. The summed E-state index contributed by atoms with van der Waals surface area (Å²) in [6.07, 6.45) is 3.49. The van der Waals surface area contributed by atoms with E-state index < -0.39 is 5.97 Å². The maximum Gasteiger partial charge on any atom is 0.320 e. The minimum absolute atomic E-state index is 0.333. The Hall–Kier alpha value is -0.830. The number of hydrogen-bond donors (Lipinski definition) is 2. The molecular weight excluding hydrogens is 142 g/mol. The molecule has 2 N–H and O–H groups in total. The molecule has 0 aromatic heterocycles. The Morgan fingerprint density at radius 2 is 2.55 bits per heavy atom. The summed E-state index contributed by atoms with van der Waals surface area (Å²) >= 11 is 0. The summed E-state index contributed by atoms with van der Waals surface area (Å²) in [5.41, 5.74) is 0. The average Bonchev–Trinajstić information content (AvgIpc) is 2.37. The first-order chi connectivity index (χ1) is 5.24. The molecule has 0 amide bonds. The van der Waals surface area contributed by atoms with Crippen LogP contribution in [0.5, 0.6) is 0 Å². The van der Waals surface area contributed by atoms with Crippen molar-refractivity contribution in [2.45, 2.75) is 18.9 Å². The van der Waals surface area contributed by atoms with Crippen LogP contribution >= 0.6 is 0 Å². The van der Waals surface area contributed by atoms with E-state index in [-0.39, 0.29) is 6.04 Å². The van der Waals surface area contributed by atoms with E-state index in [1.165, 1.54) is 0 Å². The van der Waals surface area contributed by atoms with Gasteiger partial charge in [-0.05, 0) is 25.3 Å². The largest absolute Gasteiger partial charge is 0.480 e. The van der Waals surface area contributed by atoms with E-state index in [0.717, 1.165) is 19.4 Å². The Morgan fingerprint density at radius 3 is 3.00 bits per heavy atom. The van der Waals surface area contributed by atoms with Crippen molar-refractivity contribution < 1.29 is 9.90 Å². The first kappa shape index (κ1) is 8.27. The van der Waals surface area contributed by atoms with Gasteiger partial charge >= 0.3 is 5.97 Å². The van der Waals surface area contributed by atoms with Crippen LogP contribution in [0.15, 0.2) is 12.7 Å². The molecule has 3 nitrogen and oxygen atoms in total. The van der Waals surface area contributed by atoms with E-state index >= 15 is 0 Å². The number of carboxylic acid groups (broad SMARTS) is 1. The van der Waals surface area contributed by atoms with Gasteiger partial charge in [0.1, 0.15) is 6.04 Å². The summed E-state index contributed by atoms with van der Waals surface area (Å²) in [5, 5.41) is 11.6. The molecule has 2 atom stereocenters. The first-order valence-corrected chi connectivity index (χ1v) is 3.81. The molecule has 0 bridgehead atoms. The van der Waals surface area contributed by atoms with Crippen molar-refractivity contribution in [1.82, 2.24) is 5.32 Å². The highest BCUT2D eigenvalue weighted by Gasteiger charge is 2.27. The van der Waals surface area contributed by atoms with Crippen LogP contribution in [-0.4, -0.2) is 23.7 Å². The molecule has 0 saturated carbocycles. The molecule has 1 heterocycles. The van der Waals surface area contributed by atoms with E-state index in [1.807, 2.05) is 6.08 Å². The third-order valence-electron chi connectivity index (χ3n) is 2.02. The third kappa shape index (κ3) is 2.05. The highest BCUT2D eigenvalue weighted by atomic mass is 16.4. The summed E-state index contributed by atoms with van der Waals surface area (Å²) in [5.74, 6) is -0.273. The van der Waals surface area contributed by atoms with Crippen molar-refractivity contribution in [3.63, 3.8) is 0 Å². The quantitative estimate of drug-likeness (QED) is 0.587. The molecule has 0 unspecified atom stereocenters. The molecule has 1 aliphatic rings. The molecule has 1 aliphatic heterocycles. The summed E-state index contributed by atoms with van der Waals surface area (Å²) in [7, 11) is 0. The van der Waals surface area contributed by atoms with Crippen LogP contribution in [0.25, 0.3) is 0 Å². The van der Waals surface area contributed by atoms with Crippen LogP contribution in [0.4, 0.5) is 0 Å². The zero-order chi connectivity index (χ0) is 8.27. The van der Waals surface area contributed by atoms with Crippen LogP contribution < -0.4 is 5.32 Å². The molecule has 3 heteroatoms. The topological polar surface area (TPSA) is 49.3 Å². The highest BCUT2D eigenvalue weighted by molar-refractivity contribution is 5.73. The van der Waals surface area contributed by atoms with Crippen LogP contribution in [0.3, 0.4) is 0 Å². The fraction of sp³-hybridized carbons (Fsp3) is 0.625. The van der Waals surface area contributed by atoms with E-state index in [2.05, 4.69) is 11.9 Å². The van der Waals surface area contributed by atoms with Gasteiger partial charge in [-0.3, -0.25) is 4.79 Å². The van der Waals surface area contributed by atoms with Crippen LogP contribution in [0.1, 0.15) is 12.8 Å². The fourth-order valence-corrected chi connectivity index (χ4v) is 1.41. The minimum Gasteiger partial charge on any atom is -0.480 e. The Kier molecular flexibility index (Phi) is 2.65. The molecule has 0 aromatic rings. The van der Waals surface area contributed by atoms with Crippen molar-refractivity contribution in [2.24, 2.45) is 5.92 Å². The average molecular weight is 155 g/mol. The Balaban J connectivity index is 2.34. The molecule has 11 heavy (non-hydrogen) atoms. The molecule has 0 aromatic carbocycles. The van der Waals surface area contributed by atoms with Gasteiger partial charge < -0.3 is 10.4 Å². The second kappa shape index (κ2) is 3.53. The van der Waals surface area contributed by atoms with Crippen LogP contribution in [0, 0.1) is 5.92 Å². The zero-order valence-electron chi connectivity index (χ0n) is 6.42. The summed E-state index contributed by atoms with van der Waals surface area (Å²) in [6, 6.07) is -0.333. The molecule has 62 valence electrons. The van der Waals surface area contributed by atoms with Crippen molar-refractivity contribution in [3.8, 4) is 0 Å². The van der Waals surface area contributed by atoms with Gasteiger partial charge in [-0.2, -0.15) is 0 Å². The number of aliphatic carboxylic acids is 1. The SMILES string of the molecule is C=CC[C@@H]1CN[C@H](C(=O)O)C1. The van der Waals surface area contributed by atoms with Gasteiger partial charge in [-0.25, -0.2) is 0 Å². The standard InChI is InChI=1S/C8H13NO2/c1-2-3-6-4-7(8(10)11)9-5-6/h2,6-7,9H,1,3-5H2,(H,10,11)/t6-,7-/m0/s1. The van der Waals surface area contributed by atoms with E-state index in [1.54, 1.807) is 0 Å². The number of nitrogens with one attached hydrogen (secondary N) is 1. The van der Waals surface area contributed by atoms with Gasteiger partial charge in [-0.15, -0.1) is 6.58 Å². The third-order valence-corrected chi connectivity index (χ3v) is 2.02. The van der Waals surface area contributed by atoms with Crippen molar-refractivity contribution >= 4 is 5.97 Å². The van der Waals surface area contributed by atoms with E-state index in [4.69, 9.17) is 5.11 Å². The Morgan fingerprint density at radius 1 is 1.82 bits per heavy atom. The second-order valence-corrected chi connectivity index (χ2v) is 2.93. The predicted octanol–water partition coefficient (Wildman–Crippen LogP) is 0.625. The van der Waals surface area contributed by atoms with Crippen LogP contribution in [-0.2, 0) is 4.79 Å². The zero-order valence-corrected chi connectivity index (χ0v) is 6.42. The lowest BCUT2D eigenvalue weighted by atomic mass is 10.0. The van der Waals surface area contributed by atoms with Gasteiger partial charge in [-0.1, -0.05) is 6.08 Å². The Labute approximate surface area is 66.1 Å². The second-order valence-electron chi connectivity index (χ2n) is 2.93. The smallest absolute Gasteiger partial charge is 0.320 e. The van der Waals surface area contributed by atoms with Crippen molar-refractivity contribution in [3.05, 3.63) is 12.7 Å². The van der Waals surface area contributed by atoms with Gasteiger partial charge in [0.25, 0.3) is 0 Å². The number of rotatable bonds is 3. The molecular formula is C8H13NO2. The predicted molar refractivity (Wildman–Crippen MR) is 42.3 cm³/mol. The molecule has 0 aliphatic carbocycles. The first-order valence-electron chi connectivity index (χ1n) is 3.81. The lowest BCUT2D eigenvalue weighted by molar-refractivity contribution is -0.139. The lowest BCUT2D eigenvalue weighted by Crippen LogP contribution is -2.29. The van der Waals surface area contributed by atoms with E-state index in [9.17, 15) is 4.79 Å². The van der Waals surface area contributed by atoms with Gasteiger partial charge in [0.15, 0.2) is 0 Å². The normalized spacial score (nSPS) is 30.2. The summed E-state index contributed by atoms with van der Waals surface area (Å²) in [6.45, 7) is 4.43. The minimum atomic E-state index is -0.739. The monoisotopic (exact) mass is 155 g/mol. The maximum absolute atomic E-state index is 10.5. The number of carbonyl (C=O) groups is 1. The molecule has 1 fully saturated rings. The Bertz CT molecular complexity index is 167.